The van der Waals surface area contributed by atoms with Crippen molar-refractivity contribution in [2.75, 3.05) is 13.1 Å². The maximum absolute atomic E-state index is 12.2. The van der Waals surface area contributed by atoms with Crippen molar-refractivity contribution in [1.29, 1.82) is 0 Å². The number of carbonyl (C=O) groups is 2. The molecule has 2 rings (SSSR count). The molecule has 0 aliphatic carbocycles. The standard InChI is InChI=1S/C14H20N2O3S/c1-14(2)5-7-16(8-6-14)13(19)15-11(12(17)18)10-4-3-9-20-10/h3-4,9,11H,5-8H2,1-2H3,(H,15,19)(H,17,18). The number of piperidine rings is 1. The third-order valence-electron chi connectivity index (χ3n) is 3.75. The summed E-state index contributed by atoms with van der Waals surface area (Å²) in [6.07, 6.45) is 1.88. The highest BCUT2D eigenvalue weighted by atomic mass is 32.1. The molecule has 2 heterocycles. The summed E-state index contributed by atoms with van der Waals surface area (Å²) in [7, 11) is 0. The van der Waals surface area contributed by atoms with E-state index in [1.165, 1.54) is 11.3 Å². The van der Waals surface area contributed by atoms with Crippen LogP contribution in [0.1, 0.15) is 37.6 Å². The molecule has 1 fully saturated rings. The van der Waals surface area contributed by atoms with Crippen molar-refractivity contribution >= 4 is 23.3 Å². The molecule has 1 aliphatic heterocycles. The van der Waals surface area contributed by atoms with E-state index in [4.69, 9.17) is 0 Å². The van der Waals surface area contributed by atoms with Crippen LogP contribution in [0.3, 0.4) is 0 Å². The van der Waals surface area contributed by atoms with Crippen molar-refractivity contribution in [3.05, 3.63) is 22.4 Å². The fourth-order valence-electron chi connectivity index (χ4n) is 2.24. The van der Waals surface area contributed by atoms with Crippen LogP contribution in [0.5, 0.6) is 0 Å². The molecular weight excluding hydrogens is 276 g/mol. The Morgan fingerprint density at radius 2 is 2.05 bits per heavy atom. The first-order chi connectivity index (χ1) is 9.39. The largest absolute Gasteiger partial charge is 0.479 e. The van der Waals surface area contributed by atoms with Crippen LogP contribution in [0.25, 0.3) is 0 Å². The zero-order valence-electron chi connectivity index (χ0n) is 11.8. The minimum Gasteiger partial charge on any atom is -0.479 e. The molecule has 1 atom stereocenters. The molecule has 6 heteroatoms. The molecule has 1 aromatic heterocycles. The predicted molar refractivity (Wildman–Crippen MR) is 77.8 cm³/mol. The minimum absolute atomic E-state index is 0.261. The van der Waals surface area contributed by atoms with Crippen molar-refractivity contribution in [2.24, 2.45) is 5.41 Å². The summed E-state index contributed by atoms with van der Waals surface area (Å²) in [5, 5.41) is 13.7. The van der Waals surface area contributed by atoms with Crippen LogP contribution in [0, 0.1) is 5.41 Å². The van der Waals surface area contributed by atoms with Gasteiger partial charge in [0.15, 0.2) is 6.04 Å². The van der Waals surface area contributed by atoms with E-state index < -0.39 is 12.0 Å². The molecule has 1 saturated heterocycles. The van der Waals surface area contributed by atoms with Crippen LogP contribution >= 0.6 is 11.3 Å². The van der Waals surface area contributed by atoms with Crippen molar-refractivity contribution in [3.8, 4) is 0 Å². The van der Waals surface area contributed by atoms with Gasteiger partial charge in [-0.05, 0) is 29.7 Å². The minimum atomic E-state index is -1.03. The highest BCUT2D eigenvalue weighted by Crippen LogP contribution is 2.30. The Kier molecular flexibility index (Phi) is 4.32. The third kappa shape index (κ3) is 3.50. The number of rotatable bonds is 3. The molecule has 0 aromatic carbocycles. The molecule has 2 N–H and O–H groups in total. The Morgan fingerprint density at radius 1 is 1.40 bits per heavy atom. The van der Waals surface area contributed by atoms with Crippen LogP contribution < -0.4 is 5.32 Å². The van der Waals surface area contributed by atoms with E-state index in [1.807, 2.05) is 0 Å². The van der Waals surface area contributed by atoms with Crippen molar-refractivity contribution < 1.29 is 14.7 Å². The molecule has 1 unspecified atom stereocenters. The number of carbonyl (C=O) groups excluding carboxylic acids is 1. The van der Waals surface area contributed by atoms with E-state index in [0.29, 0.717) is 18.0 Å². The lowest BCUT2D eigenvalue weighted by molar-refractivity contribution is -0.139. The highest BCUT2D eigenvalue weighted by molar-refractivity contribution is 7.10. The summed E-state index contributed by atoms with van der Waals surface area (Å²) in [5.41, 5.74) is 0.261. The Hall–Kier alpha value is -1.56. The molecule has 110 valence electrons. The number of urea groups is 1. The average Bonchev–Trinajstić information content (AvgIpc) is 2.88. The van der Waals surface area contributed by atoms with E-state index in [-0.39, 0.29) is 11.4 Å². The van der Waals surface area contributed by atoms with Crippen LogP contribution in [0.15, 0.2) is 17.5 Å². The topological polar surface area (TPSA) is 69.6 Å². The molecule has 1 aromatic rings. The van der Waals surface area contributed by atoms with Gasteiger partial charge in [0.05, 0.1) is 0 Å². The van der Waals surface area contributed by atoms with Gasteiger partial charge >= 0.3 is 12.0 Å². The maximum atomic E-state index is 12.2. The Bertz CT molecular complexity index is 475. The van der Waals surface area contributed by atoms with Gasteiger partial charge in [0, 0.05) is 18.0 Å². The van der Waals surface area contributed by atoms with Gasteiger partial charge in [-0.15, -0.1) is 11.3 Å². The van der Waals surface area contributed by atoms with E-state index >= 15 is 0 Å². The van der Waals surface area contributed by atoms with Gasteiger partial charge in [-0.3, -0.25) is 0 Å². The first kappa shape index (κ1) is 14.8. The summed E-state index contributed by atoms with van der Waals surface area (Å²) in [6, 6.07) is 2.26. The molecule has 0 saturated carbocycles. The highest BCUT2D eigenvalue weighted by Gasteiger charge is 2.30. The van der Waals surface area contributed by atoms with E-state index in [1.54, 1.807) is 22.4 Å². The van der Waals surface area contributed by atoms with E-state index in [9.17, 15) is 14.7 Å². The molecule has 20 heavy (non-hydrogen) atoms. The molecule has 0 bridgehead atoms. The van der Waals surface area contributed by atoms with Gasteiger partial charge < -0.3 is 15.3 Å². The van der Waals surface area contributed by atoms with Crippen molar-refractivity contribution in [1.82, 2.24) is 10.2 Å². The van der Waals surface area contributed by atoms with Gasteiger partial charge in [0.2, 0.25) is 0 Å². The second kappa shape index (κ2) is 5.83. The number of likely N-dealkylation sites (tertiary alicyclic amines) is 1. The number of amides is 2. The van der Waals surface area contributed by atoms with Gasteiger partial charge in [-0.25, -0.2) is 9.59 Å². The van der Waals surface area contributed by atoms with Gasteiger partial charge in [-0.2, -0.15) is 0 Å². The lowest BCUT2D eigenvalue weighted by Crippen LogP contribution is -2.48. The number of thiophene rings is 1. The fourth-order valence-corrected chi connectivity index (χ4v) is 3.01. The number of carboxylic acid groups (broad SMARTS) is 1. The smallest absolute Gasteiger partial charge is 0.331 e. The molecule has 1 aliphatic rings. The lowest BCUT2D eigenvalue weighted by Gasteiger charge is -2.37. The number of nitrogens with zero attached hydrogens (tertiary/aromatic N) is 1. The second-order valence-electron chi connectivity index (χ2n) is 5.89. The Labute approximate surface area is 122 Å². The number of carboxylic acids is 1. The SMILES string of the molecule is CC1(C)CCN(C(=O)NC(C(=O)O)c2cccs2)CC1. The van der Waals surface area contributed by atoms with Crippen molar-refractivity contribution in [3.63, 3.8) is 0 Å². The molecular formula is C14H20N2O3S. The maximum Gasteiger partial charge on any atom is 0.331 e. The monoisotopic (exact) mass is 296 g/mol. The quantitative estimate of drug-likeness (QED) is 0.901. The summed E-state index contributed by atoms with van der Waals surface area (Å²) in [6.45, 7) is 5.73. The van der Waals surface area contributed by atoms with E-state index in [0.717, 1.165) is 12.8 Å². The predicted octanol–water partition coefficient (Wildman–Crippen LogP) is 2.71. The summed E-state index contributed by atoms with van der Waals surface area (Å²) in [5.74, 6) is -1.03. The Balaban J connectivity index is 1.98. The zero-order chi connectivity index (χ0) is 14.8. The van der Waals surface area contributed by atoms with Crippen LogP contribution in [0.4, 0.5) is 4.79 Å². The summed E-state index contributed by atoms with van der Waals surface area (Å²) >= 11 is 1.33. The molecule has 0 radical (unpaired) electrons. The normalized spacial score (nSPS) is 19.4. The third-order valence-corrected chi connectivity index (χ3v) is 4.68. The van der Waals surface area contributed by atoms with Gasteiger partial charge in [0.1, 0.15) is 0 Å². The average molecular weight is 296 g/mol. The number of hydrogen-bond acceptors (Lipinski definition) is 3. The lowest BCUT2D eigenvalue weighted by atomic mass is 9.83. The summed E-state index contributed by atoms with van der Waals surface area (Å²) in [4.78, 5) is 25.8. The van der Waals surface area contributed by atoms with E-state index in [2.05, 4.69) is 19.2 Å². The van der Waals surface area contributed by atoms with Crippen LogP contribution in [-0.2, 0) is 4.79 Å². The Morgan fingerprint density at radius 3 is 2.55 bits per heavy atom. The van der Waals surface area contributed by atoms with Crippen molar-refractivity contribution in [2.45, 2.75) is 32.7 Å². The van der Waals surface area contributed by atoms with Gasteiger partial charge in [-0.1, -0.05) is 19.9 Å². The first-order valence-corrected chi connectivity index (χ1v) is 7.59. The number of nitrogens with one attached hydrogen (secondary N) is 1. The summed E-state index contributed by atoms with van der Waals surface area (Å²) < 4.78 is 0. The second-order valence-corrected chi connectivity index (χ2v) is 6.87. The first-order valence-electron chi connectivity index (χ1n) is 6.71. The fraction of sp³-hybridized carbons (Fsp3) is 0.571. The van der Waals surface area contributed by atoms with Gasteiger partial charge in [0.25, 0.3) is 0 Å². The molecule has 2 amide bonds. The number of aliphatic carboxylic acids is 1. The van der Waals surface area contributed by atoms with Crippen LogP contribution in [-0.4, -0.2) is 35.1 Å². The number of hydrogen-bond donors (Lipinski definition) is 2. The zero-order valence-corrected chi connectivity index (χ0v) is 12.6. The molecule has 5 nitrogen and oxygen atoms in total. The molecule has 0 spiro atoms. The van der Waals surface area contributed by atoms with Crippen LogP contribution in [0.2, 0.25) is 0 Å².